The number of piperidine rings is 1. The number of ether oxygens (including phenoxy) is 1. The van der Waals surface area contributed by atoms with Gasteiger partial charge in [0, 0.05) is 18.8 Å². The maximum atomic E-state index is 12.9. The first-order valence-electron chi connectivity index (χ1n) is 12.1. The average Bonchev–Trinajstić information content (AvgIpc) is 2.77. The lowest BCUT2D eigenvalue weighted by molar-refractivity contribution is -0.128. The molecule has 0 bridgehead atoms. The average molecular weight is 437 g/mol. The van der Waals surface area contributed by atoms with Gasteiger partial charge < -0.3 is 15.0 Å². The van der Waals surface area contributed by atoms with Crippen LogP contribution in [0.15, 0.2) is 48.5 Å². The third-order valence-corrected chi connectivity index (χ3v) is 6.56. The number of hydrogen-bond donors (Lipinski definition) is 1. The van der Waals surface area contributed by atoms with E-state index >= 15 is 0 Å². The largest absolute Gasteiger partial charge is 0.481 e. The molecule has 0 radical (unpaired) electrons. The fourth-order valence-corrected chi connectivity index (χ4v) is 4.15. The number of nitrogens with zero attached hydrogens (tertiary/aromatic N) is 1. The van der Waals surface area contributed by atoms with Gasteiger partial charge in [0.25, 0.3) is 5.91 Å². The summed E-state index contributed by atoms with van der Waals surface area (Å²) in [6.45, 7) is 15.1. The predicted molar refractivity (Wildman–Crippen MR) is 133 cm³/mol. The highest BCUT2D eigenvalue weighted by Crippen LogP contribution is 2.26. The summed E-state index contributed by atoms with van der Waals surface area (Å²) in [5, 5.41) is 3.13. The predicted octanol–water partition coefficient (Wildman–Crippen LogP) is 6.26. The lowest BCUT2D eigenvalue weighted by Crippen LogP contribution is -2.39. The van der Waals surface area contributed by atoms with Crippen LogP contribution in [0.3, 0.4) is 0 Å². The van der Waals surface area contributed by atoms with Crippen LogP contribution in [0.25, 0.3) is 0 Å². The second-order valence-electron chi connectivity index (χ2n) is 10.3. The van der Waals surface area contributed by atoms with Crippen molar-refractivity contribution in [1.82, 2.24) is 5.32 Å². The van der Waals surface area contributed by atoms with Gasteiger partial charge in [0.15, 0.2) is 6.10 Å². The van der Waals surface area contributed by atoms with E-state index in [4.69, 9.17) is 4.74 Å². The van der Waals surface area contributed by atoms with E-state index in [2.05, 4.69) is 74.3 Å². The van der Waals surface area contributed by atoms with Crippen LogP contribution >= 0.6 is 0 Å². The van der Waals surface area contributed by atoms with E-state index in [1.54, 1.807) is 0 Å². The SMILES string of the molecule is CCC(Oc1ccc(C(C)(C)C)cc1)C(=O)NC(C)c1ccc(N2CCC(C)CC2)cc1. The number of benzene rings is 2. The number of amides is 1. The van der Waals surface area contributed by atoms with Crippen LogP contribution < -0.4 is 15.0 Å². The Morgan fingerprint density at radius 1 is 1.06 bits per heavy atom. The first-order chi connectivity index (χ1) is 15.2. The second kappa shape index (κ2) is 10.4. The van der Waals surface area contributed by atoms with Gasteiger partial charge in [-0.05, 0) is 72.9 Å². The third kappa shape index (κ3) is 6.27. The first-order valence-corrected chi connectivity index (χ1v) is 12.1. The summed E-state index contributed by atoms with van der Waals surface area (Å²) in [5.74, 6) is 1.48. The lowest BCUT2D eigenvalue weighted by atomic mass is 9.87. The third-order valence-electron chi connectivity index (χ3n) is 6.56. The van der Waals surface area contributed by atoms with Crippen molar-refractivity contribution in [3.63, 3.8) is 0 Å². The first kappa shape index (κ1) is 24.2. The quantitative estimate of drug-likeness (QED) is 0.557. The highest BCUT2D eigenvalue weighted by molar-refractivity contribution is 5.81. The van der Waals surface area contributed by atoms with E-state index in [9.17, 15) is 4.79 Å². The van der Waals surface area contributed by atoms with Crippen molar-refractivity contribution >= 4 is 11.6 Å². The van der Waals surface area contributed by atoms with Crippen molar-refractivity contribution in [2.45, 2.75) is 78.4 Å². The van der Waals surface area contributed by atoms with Crippen LogP contribution in [-0.2, 0) is 10.2 Å². The summed E-state index contributed by atoms with van der Waals surface area (Å²) in [6.07, 6.45) is 2.62. The molecule has 0 spiro atoms. The normalized spacial score (nSPS) is 17.0. The number of rotatable bonds is 7. The molecule has 0 aliphatic carbocycles. The van der Waals surface area contributed by atoms with E-state index in [1.165, 1.54) is 24.1 Å². The van der Waals surface area contributed by atoms with Gasteiger partial charge in [0.2, 0.25) is 0 Å². The van der Waals surface area contributed by atoms with Crippen molar-refractivity contribution in [3.8, 4) is 5.75 Å². The van der Waals surface area contributed by atoms with Gasteiger partial charge in [-0.3, -0.25) is 4.79 Å². The minimum absolute atomic E-state index is 0.0705. The lowest BCUT2D eigenvalue weighted by Gasteiger charge is -2.32. The molecule has 4 nitrogen and oxygen atoms in total. The van der Waals surface area contributed by atoms with Crippen molar-refractivity contribution < 1.29 is 9.53 Å². The second-order valence-corrected chi connectivity index (χ2v) is 10.3. The van der Waals surface area contributed by atoms with Crippen LogP contribution in [-0.4, -0.2) is 25.1 Å². The molecule has 2 aromatic rings. The summed E-state index contributed by atoms with van der Waals surface area (Å²) in [4.78, 5) is 15.3. The number of carbonyl (C=O) groups excluding carboxylic acids is 1. The monoisotopic (exact) mass is 436 g/mol. The molecule has 174 valence electrons. The molecule has 3 rings (SSSR count). The molecule has 1 amide bonds. The van der Waals surface area contributed by atoms with E-state index in [0.717, 1.165) is 30.3 Å². The maximum Gasteiger partial charge on any atom is 0.261 e. The highest BCUT2D eigenvalue weighted by atomic mass is 16.5. The van der Waals surface area contributed by atoms with Crippen LogP contribution in [0.5, 0.6) is 5.75 Å². The van der Waals surface area contributed by atoms with Gasteiger partial charge in [-0.1, -0.05) is 58.9 Å². The molecule has 32 heavy (non-hydrogen) atoms. The Bertz CT molecular complexity index is 860. The van der Waals surface area contributed by atoms with Gasteiger partial charge in [0.1, 0.15) is 5.75 Å². The molecule has 1 heterocycles. The molecule has 2 atom stereocenters. The molecule has 1 fully saturated rings. The number of anilines is 1. The van der Waals surface area contributed by atoms with Gasteiger partial charge in [0.05, 0.1) is 6.04 Å². The van der Waals surface area contributed by atoms with Crippen LogP contribution in [0.4, 0.5) is 5.69 Å². The molecule has 0 saturated carbocycles. The van der Waals surface area contributed by atoms with Gasteiger partial charge in [-0.15, -0.1) is 0 Å². The van der Waals surface area contributed by atoms with Crippen LogP contribution in [0.1, 0.15) is 78.0 Å². The molecular formula is C28H40N2O2. The number of nitrogens with one attached hydrogen (secondary N) is 1. The molecule has 0 aromatic heterocycles. The highest BCUT2D eigenvalue weighted by Gasteiger charge is 2.22. The van der Waals surface area contributed by atoms with Crippen LogP contribution in [0.2, 0.25) is 0 Å². The minimum atomic E-state index is -0.507. The molecule has 2 unspecified atom stereocenters. The van der Waals surface area contributed by atoms with Crippen molar-refractivity contribution in [3.05, 3.63) is 59.7 Å². The fourth-order valence-electron chi connectivity index (χ4n) is 4.15. The van der Waals surface area contributed by atoms with Gasteiger partial charge >= 0.3 is 0 Å². The molecular weight excluding hydrogens is 396 g/mol. The Labute approximate surface area is 194 Å². The zero-order chi connectivity index (χ0) is 23.3. The molecule has 1 saturated heterocycles. The zero-order valence-corrected chi connectivity index (χ0v) is 20.7. The van der Waals surface area contributed by atoms with E-state index in [0.29, 0.717) is 6.42 Å². The maximum absolute atomic E-state index is 12.9. The van der Waals surface area contributed by atoms with Crippen molar-refractivity contribution in [1.29, 1.82) is 0 Å². The standard InChI is InChI=1S/C28H40N2O2/c1-7-26(32-25-14-10-23(11-15-25)28(4,5)6)27(31)29-21(3)22-8-12-24(13-9-22)30-18-16-20(2)17-19-30/h8-15,20-21,26H,7,16-19H2,1-6H3,(H,29,31). The molecule has 1 aliphatic heterocycles. The minimum Gasteiger partial charge on any atom is -0.481 e. The summed E-state index contributed by atoms with van der Waals surface area (Å²) < 4.78 is 6.02. The van der Waals surface area contributed by atoms with Gasteiger partial charge in [-0.2, -0.15) is 0 Å². The van der Waals surface area contributed by atoms with E-state index < -0.39 is 6.10 Å². The zero-order valence-electron chi connectivity index (χ0n) is 20.7. The number of carbonyl (C=O) groups is 1. The molecule has 1 aliphatic rings. The Kier molecular flexibility index (Phi) is 7.86. The number of hydrogen-bond acceptors (Lipinski definition) is 3. The Hall–Kier alpha value is -2.49. The summed E-state index contributed by atoms with van der Waals surface area (Å²) in [7, 11) is 0. The van der Waals surface area contributed by atoms with E-state index in [1.807, 2.05) is 26.0 Å². The Morgan fingerprint density at radius 3 is 2.19 bits per heavy atom. The Morgan fingerprint density at radius 2 is 1.66 bits per heavy atom. The molecule has 2 aromatic carbocycles. The molecule has 4 heteroatoms. The van der Waals surface area contributed by atoms with Crippen molar-refractivity contribution in [2.24, 2.45) is 5.92 Å². The smallest absolute Gasteiger partial charge is 0.261 e. The van der Waals surface area contributed by atoms with Gasteiger partial charge in [-0.25, -0.2) is 0 Å². The molecule has 1 N–H and O–H groups in total. The summed E-state index contributed by atoms with van der Waals surface area (Å²) in [6, 6.07) is 16.6. The van der Waals surface area contributed by atoms with Crippen LogP contribution in [0, 0.1) is 5.92 Å². The van der Waals surface area contributed by atoms with Crippen molar-refractivity contribution in [2.75, 3.05) is 18.0 Å². The Balaban J connectivity index is 1.57. The summed E-state index contributed by atoms with van der Waals surface area (Å²) >= 11 is 0. The van der Waals surface area contributed by atoms with E-state index in [-0.39, 0.29) is 17.4 Å². The summed E-state index contributed by atoms with van der Waals surface area (Å²) in [5.41, 5.74) is 3.72. The topological polar surface area (TPSA) is 41.6 Å². The fraction of sp³-hybridized carbons (Fsp3) is 0.536.